The van der Waals surface area contributed by atoms with Crippen LogP contribution >= 0.6 is 0 Å². The first kappa shape index (κ1) is 16.6. The molecule has 0 aromatic heterocycles. The molecule has 3 heteroatoms. The molecule has 3 nitrogen and oxygen atoms in total. The minimum Gasteiger partial charge on any atom is -0.462 e. The Hall–Kier alpha value is -0.830. The molecule has 0 amide bonds. The van der Waals surface area contributed by atoms with Crippen LogP contribution in [0.1, 0.15) is 72.1 Å². The molecular formula is C21H32O3. The molecule has 0 spiro atoms. The molecule has 7 atom stereocenters. The zero-order valence-corrected chi connectivity index (χ0v) is 15.4. The van der Waals surface area contributed by atoms with E-state index in [1.807, 2.05) is 0 Å². The molecule has 4 aliphatic carbocycles. The van der Waals surface area contributed by atoms with Gasteiger partial charge < -0.3 is 9.84 Å². The van der Waals surface area contributed by atoms with Gasteiger partial charge >= 0.3 is 5.97 Å². The average molecular weight is 332 g/mol. The molecule has 3 fully saturated rings. The van der Waals surface area contributed by atoms with Crippen molar-refractivity contribution in [3.05, 3.63) is 11.6 Å². The Morgan fingerprint density at radius 2 is 1.92 bits per heavy atom. The number of carbonyl (C=O) groups excluding carboxylic acids is 1. The van der Waals surface area contributed by atoms with Crippen molar-refractivity contribution >= 4 is 5.97 Å². The highest BCUT2D eigenvalue weighted by atomic mass is 16.5. The predicted octanol–water partition coefficient (Wildman–Crippen LogP) is 4.24. The lowest BCUT2D eigenvalue weighted by Gasteiger charge is -2.58. The smallest absolute Gasteiger partial charge is 0.302 e. The molecule has 0 aromatic rings. The molecule has 0 heterocycles. The Morgan fingerprint density at radius 3 is 2.67 bits per heavy atom. The number of allylic oxidation sites excluding steroid dienone is 1. The first-order valence-electron chi connectivity index (χ1n) is 9.91. The number of aliphatic hydroxyl groups excluding tert-OH is 1. The standard InChI is InChI=1S/C21H32O3/c1-13(22)24-19-7-6-17-16-5-4-14-12-15(23)8-10-20(14,2)18(16)9-11-21(17,19)3/h12,15-19,23H,4-11H2,1-3H3/t15?,16-,17-,18+,19?,20-,21-/m0/s1. The fraction of sp³-hybridized carbons (Fsp3) is 0.857. The van der Waals surface area contributed by atoms with Gasteiger partial charge in [0, 0.05) is 12.3 Å². The molecule has 0 aliphatic heterocycles. The van der Waals surface area contributed by atoms with Crippen molar-refractivity contribution in [3.63, 3.8) is 0 Å². The number of fused-ring (bicyclic) bond motifs is 5. The highest BCUT2D eigenvalue weighted by molar-refractivity contribution is 5.66. The summed E-state index contributed by atoms with van der Waals surface area (Å²) in [4.78, 5) is 11.5. The van der Waals surface area contributed by atoms with Crippen LogP contribution in [0.25, 0.3) is 0 Å². The van der Waals surface area contributed by atoms with E-state index in [9.17, 15) is 9.90 Å². The number of rotatable bonds is 1. The van der Waals surface area contributed by atoms with E-state index >= 15 is 0 Å². The SMILES string of the molecule is CC(=O)OC1CC[C@H]2[C@@H]3CCC4=CC(O)CC[C@]4(C)[C@@H]3CC[C@]12C. The number of hydrogen-bond donors (Lipinski definition) is 1. The Labute approximate surface area is 145 Å². The van der Waals surface area contributed by atoms with Crippen molar-refractivity contribution in [1.29, 1.82) is 0 Å². The van der Waals surface area contributed by atoms with Gasteiger partial charge in [0.2, 0.25) is 0 Å². The van der Waals surface area contributed by atoms with Gasteiger partial charge in [-0.05, 0) is 74.5 Å². The lowest BCUT2D eigenvalue weighted by Crippen LogP contribution is -2.51. The Bertz CT molecular complexity index is 567. The van der Waals surface area contributed by atoms with Crippen molar-refractivity contribution < 1.29 is 14.6 Å². The highest BCUT2D eigenvalue weighted by Crippen LogP contribution is 2.65. The second kappa shape index (κ2) is 5.59. The van der Waals surface area contributed by atoms with Gasteiger partial charge in [-0.2, -0.15) is 0 Å². The van der Waals surface area contributed by atoms with E-state index in [4.69, 9.17) is 4.74 Å². The van der Waals surface area contributed by atoms with Gasteiger partial charge in [-0.1, -0.05) is 25.5 Å². The fourth-order valence-electron chi connectivity index (χ4n) is 7.06. The van der Waals surface area contributed by atoms with Crippen LogP contribution in [0.15, 0.2) is 11.6 Å². The van der Waals surface area contributed by atoms with Crippen molar-refractivity contribution in [2.45, 2.75) is 84.3 Å². The third-order valence-corrected chi connectivity index (χ3v) is 8.31. The Morgan fingerprint density at radius 1 is 1.12 bits per heavy atom. The minimum absolute atomic E-state index is 0.119. The molecule has 0 radical (unpaired) electrons. The minimum atomic E-state index is -0.224. The third kappa shape index (κ3) is 2.30. The summed E-state index contributed by atoms with van der Waals surface area (Å²) in [6.07, 6.45) is 11.2. The fourth-order valence-corrected chi connectivity index (χ4v) is 7.06. The van der Waals surface area contributed by atoms with E-state index in [-0.39, 0.29) is 23.6 Å². The van der Waals surface area contributed by atoms with Crippen LogP contribution in [-0.2, 0) is 9.53 Å². The lowest BCUT2D eigenvalue weighted by molar-refractivity contribution is -0.157. The van der Waals surface area contributed by atoms with Crippen LogP contribution in [0.4, 0.5) is 0 Å². The maximum absolute atomic E-state index is 11.5. The molecule has 1 N–H and O–H groups in total. The van der Waals surface area contributed by atoms with Crippen LogP contribution in [0, 0.1) is 28.6 Å². The van der Waals surface area contributed by atoms with Crippen molar-refractivity contribution in [2.75, 3.05) is 0 Å². The maximum Gasteiger partial charge on any atom is 0.302 e. The summed E-state index contributed by atoms with van der Waals surface area (Å²) in [7, 11) is 0. The average Bonchev–Trinajstić information content (AvgIpc) is 2.84. The summed E-state index contributed by atoms with van der Waals surface area (Å²) in [6.45, 7) is 6.39. The van der Waals surface area contributed by atoms with Crippen LogP contribution in [0.5, 0.6) is 0 Å². The van der Waals surface area contributed by atoms with Gasteiger partial charge in [-0.15, -0.1) is 0 Å². The lowest BCUT2D eigenvalue weighted by atomic mass is 9.47. The monoisotopic (exact) mass is 332 g/mol. The van der Waals surface area contributed by atoms with Gasteiger partial charge in [-0.3, -0.25) is 4.79 Å². The number of ether oxygens (including phenoxy) is 1. The van der Waals surface area contributed by atoms with Gasteiger partial charge in [0.1, 0.15) is 6.10 Å². The number of esters is 1. The van der Waals surface area contributed by atoms with Crippen molar-refractivity contribution in [3.8, 4) is 0 Å². The summed E-state index contributed by atoms with van der Waals surface area (Å²) in [5.41, 5.74) is 2.00. The first-order valence-corrected chi connectivity index (χ1v) is 9.91. The third-order valence-electron chi connectivity index (χ3n) is 8.31. The van der Waals surface area contributed by atoms with Crippen LogP contribution in [0.3, 0.4) is 0 Å². The van der Waals surface area contributed by atoms with E-state index in [1.54, 1.807) is 6.92 Å². The van der Waals surface area contributed by atoms with Gasteiger partial charge in [0.15, 0.2) is 0 Å². The molecule has 4 rings (SSSR count). The molecule has 4 aliphatic rings. The van der Waals surface area contributed by atoms with Gasteiger partial charge in [-0.25, -0.2) is 0 Å². The number of aliphatic hydroxyl groups is 1. The highest BCUT2D eigenvalue weighted by Gasteiger charge is 2.59. The van der Waals surface area contributed by atoms with Crippen LogP contribution in [0.2, 0.25) is 0 Å². The second-order valence-electron chi connectivity index (χ2n) is 9.35. The van der Waals surface area contributed by atoms with E-state index in [1.165, 1.54) is 31.3 Å². The summed E-state index contributed by atoms with van der Waals surface area (Å²) in [5, 5.41) is 10.0. The number of hydrogen-bond acceptors (Lipinski definition) is 3. The van der Waals surface area contributed by atoms with E-state index in [2.05, 4.69) is 19.9 Å². The van der Waals surface area contributed by atoms with Crippen molar-refractivity contribution in [2.24, 2.45) is 28.6 Å². The predicted molar refractivity (Wildman–Crippen MR) is 93.3 cm³/mol. The first-order chi connectivity index (χ1) is 11.3. The molecule has 24 heavy (non-hydrogen) atoms. The summed E-state index contributed by atoms with van der Waals surface area (Å²) in [6, 6.07) is 0. The molecule has 3 saturated carbocycles. The second-order valence-corrected chi connectivity index (χ2v) is 9.35. The van der Waals surface area contributed by atoms with E-state index in [0.29, 0.717) is 11.3 Å². The summed E-state index contributed by atoms with van der Waals surface area (Å²) in [5.74, 6) is 2.10. The van der Waals surface area contributed by atoms with Crippen LogP contribution in [-0.4, -0.2) is 23.3 Å². The van der Waals surface area contributed by atoms with Gasteiger partial charge in [0.25, 0.3) is 0 Å². The quantitative estimate of drug-likeness (QED) is 0.577. The van der Waals surface area contributed by atoms with Crippen LogP contribution < -0.4 is 0 Å². The molecule has 0 bridgehead atoms. The normalized spacial score (nSPS) is 50.3. The van der Waals surface area contributed by atoms with E-state index < -0.39 is 0 Å². The summed E-state index contributed by atoms with van der Waals surface area (Å²) < 4.78 is 5.73. The molecule has 0 aromatic carbocycles. The Kier molecular flexibility index (Phi) is 3.87. The summed E-state index contributed by atoms with van der Waals surface area (Å²) >= 11 is 0. The van der Waals surface area contributed by atoms with Gasteiger partial charge in [0.05, 0.1) is 6.10 Å². The molecule has 0 saturated heterocycles. The largest absolute Gasteiger partial charge is 0.462 e. The molecule has 2 unspecified atom stereocenters. The zero-order chi connectivity index (χ0) is 17.1. The topological polar surface area (TPSA) is 46.5 Å². The van der Waals surface area contributed by atoms with Crippen molar-refractivity contribution in [1.82, 2.24) is 0 Å². The maximum atomic E-state index is 11.5. The molecular weight excluding hydrogens is 300 g/mol. The van der Waals surface area contributed by atoms with E-state index in [0.717, 1.165) is 37.5 Å². The zero-order valence-electron chi connectivity index (χ0n) is 15.4. The molecule has 134 valence electrons. The Balaban J connectivity index is 1.61. The number of carbonyl (C=O) groups is 1.